The minimum absolute atomic E-state index is 0.211. The molecule has 0 unspecified atom stereocenters. The highest BCUT2D eigenvalue weighted by Crippen LogP contribution is 2.46. The molecule has 7 heteroatoms. The van der Waals surface area contributed by atoms with Gasteiger partial charge in [-0.1, -0.05) is 194 Å². The van der Waals surface area contributed by atoms with Gasteiger partial charge >= 0.3 is 0 Å². The summed E-state index contributed by atoms with van der Waals surface area (Å²) in [5.74, 6) is 4.20. The van der Waals surface area contributed by atoms with Gasteiger partial charge in [-0.2, -0.15) is 0 Å². The normalized spacial score (nSPS) is 22.0. The quantitative estimate of drug-likeness (QED) is 0.0519. The highest BCUT2D eigenvalue weighted by atomic mass is 16.7. The Kier molecular flexibility index (Phi) is 20.4. The highest BCUT2D eigenvalue weighted by molar-refractivity contribution is 5.59. The minimum Gasteiger partial charge on any atom is -0.487 e. The van der Waals surface area contributed by atoms with Gasteiger partial charge in [0, 0.05) is 5.56 Å². The van der Waals surface area contributed by atoms with Gasteiger partial charge in [0.15, 0.2) is 0 Å². The molecule has 0 spiro atoms. The fraction of sp³-hybridized carbons (Fsp3) is 0.524. The van der Waals surface area contributed by atoms with E-state index in [9.17, 15) is 0 Å². The van der Waals surface area contributed by atoms with Gasteiger partial charge in [0.05, 0.1) is 33.0 Å². The molecule has 0 bridgehead atoms. The molecular weight excluding hydrogens is 869 g/mol. The lowest BCUT2D eigenvalue weighted by Gasteiger charge is -2.46. The molecule has 0 N–H and O–H groups in total. The van der Waals surface area contributed by atoms with E-state index in [1.165, 1.54) is 56.9 Å². The lowest BCUT2D eigenvalue weighted by atomic mass is 9.83. The van der Waals surface area contributed by atoms with Gasteiger partial charge in [-0.3, -0.25) is 0 Å². The number of rotatable bonds is 27. The Morgan fingerprint density at radius 2 is 1.01 bits per heavy atom. The molecule has 0 aliphatic carbocycles. The number of fused-ring (bicyclic) bond motifs is 1. The van der Waals surface area contributed by atoms with Crippen LogP contribution >= 0.6 is 0 Å². The summed E-state index contributed by atoms with van der Waals surface area (Å²) in [6.45, 7) is 20.2. The number of benzene rings is 5. The second-order valence-corrected chi connectivity index (χ2v) is 21.4. The molecular formula is C63H84O7. The summed E-state index contributed by atoms with van der Waals surface area (Å²) in [7, 11) is 0. The highest BCUT2D eigenvalue weighted by Gasteiger charge is 2.50. The van der Waals surface area contributed by atoms with Gasteiger partial charge in [-0.25, -0.2) is 0 Å². The van der Waals surface area contributed by atoms with Crippen LogP contribution in [0.3, 0.4) is 0 Å². The standard InChI is InChI=1S/C63H84O7/c1-45(2)24-21-25-46(3)26-22-27-47(4)28-23-38-63(8)39-37-55-50(7)57(48(5)49(6)58(55)70-63)69-62-61(67-43-54-35-19-12-20-36-54)60(66-42-53-33-17-11-18-34-53)59(65-41-52-31-15-10-16-32-52)56(68-62)44-64-40-51-29-13-9-14-30-51/h9-20,29-36,45-47,56,59-62H,21-28,37-44H2,1-8H3/t46-,47-,56+,59+,60-,61+,62-,63+/m0/s1. The maximum atomic E-state index is 7.28. The van der Waals surface area contributed by atoms with Crippen LogP contribution in [0, 0.1) is 38.5 Å². The Labute approximate surface area is 421 Å². The topological polar surface area (TPSA) is 64.6 Å². The van der Waals surface area contributed by atoms with Crippen molar-refractivity contribution in [3.63, 3.8) is 0 Å². The van der Waals surface area contributed by atoms with E-state index in [-0.39, 0.29) is 12.2 Å². The van der Waals surface area contributed by atoms with Crippen molar-refractivity contribution in [2.75, 3.05) is 6.61 Å². The van der Waals surface area contributed by atoms with Gasteiger partial charge in [0.2, 0.25) is 6.29 Å². The maximum absolute atomic E-state index is 7.28. The van der Waals surface area contributed by atoms with Crippen LogP contribution in [0.5, 0.6) is 11.5 Å². The summed E-state index contributed by atoms with van der Waals surface area (Å²) in [5, 5.41) is 0. The molecule has 70 heavy (non-hydrogen) atoms. The third-order valence-electron chi connectivity index (χ3n) is 14.9. The SMILES string of the molecule is Cc1c(C)c2c(c(C)c1O[C@@H]1O[C@H](COCc3ccccc3)[C@@H](OCc3ccccc3)[C@H](OCc3ccccc3)[C@H]1OCc1ccccc1)CC[C@@](C)(CCC[C@@H](C)CCC[C@@H](C)CCCC(C)C)O2. The van der Waals surface area contributed by atoms with Crippen molar-refractivity contribution in [2.45, 2.75) is 189 Å². The first-order chi connectivity index (χ1) is 34.0. The second kappa shape index (κ2) is 26.8. The second-order valence-electron chi connectivity index (χ2n) is 21.4. The third-order valence-corrected chi connectivity index (χ3v) is 14.9. The van der Waals surface area contributed by atoms with E-state index in [0.29, 0.717) is 26.4 Å². The molecule has 0 radical (unpaired) electrons. The van der Waals surface area contributed by atoms with Crippen molar-refractivity contribution in [1.82, 2.24) is 0 Å². The molecule has 2 aliphatic rings. The van der Waals surface area contributed by atoms with E-state index in [1.807, 2.05) is 72.8 Å². The first-order valence-corrected chi connectivity index (χ1v) is 26.7. The van der Waals surface area contributed by atoms with Crippen molar-refractivity contribution in [2.24, 2.45) is 17.8 Å². The first kappa shape index (κ1) is 53.3. The van der Waals surface area contributed by atoms with Crippen LogP contribution < -0.4 is 9.47 Å². The summed E-state index contributed by atoms with van der Waals surface area (Å²) in [6, 6.07) is 41.0. The Balaban J connectivity index is 1.12. The van der Waals surface area contributed by atoms with E-state index >= 15 is 0 Å². The van der Waals surface area contributed by atoms with Crippen molar-refractivity contribution < 1.29 is 33.2 Å². The first-order valence-electron chi connectivity index (χ1n) is 26.7. The molecule has 0 saturated carbocycles. The Morgan fingerprint density at radius 3 is 1.54 bits per heavy atom. The third kappa shape index (κ3) is 15.5. The van der Waals surface area contributed by atoms with Crippen molar-refractivity contribution in [3.8, 4) is 11.5 Å². The molecule has 2 aliphatic heterocycles. The van der Waals surface area contributed by atoms with Gasteiger partial charge in [-0.15, -0.1) is 0 Å². The largest absolute Gasteiger partial charge is 0.487 e. The van der Waals surface area contributed by atoms with Gasteiger partial charge in [0.25, 0.3) is 0 Å². The molecule has 2 heterocycles. The fourth-order valence-corrected chi connectivity index (χ4v) is 10.4. The van der Waals surface area contributed by atoms with Crippen molar-refractivity contribution >= 4 is 0 Å². The molecule has 1 fully saturated rings. The van der Waals surface area contributed by atoms with Crippen molar-refractivity contribution in [1.29, 1.82) is 0 Å². The molecule has 0 amide bonds. The van der Waals surface area contributed by atoms with Gasteiger partial charge in [0.1, 0.15) is 41.5 Å². The van der Waals surface area contributed by atoms with Crippen LogP contribution in [0.15, 0.2) is 121 Å². The molecule has 5 aromatic carbocycles. The molecule has 8 atom stereocenters. The average molecular weight is 953 g/mol. The fourth-order valence-electron chi connectivity index (χ4n) is 10.4. The molecule has 7 rings (SSSR count). The van der Waals surface area contributed by atoms with E-state index in [4.69, 9.17) is 33.2 Å². The van der Waals surface area contributed by atoms with Crippen LogP contribution in [0.4, 0.5) is 0 Å². The van der Waals surface area contributed by atoms with Gasteiger partial charge < -0.3 is 33.2 Å². The molecule has 0 aromatic heterocycles. The zero-order chi connectivity index (χ0) is 49.3. The summed E-state index contributed by atoms with van der Waals surface area (Å²) < 4.78 is 49.0. The van der Waals surface area contributed by atoms with Crippen LogP contribution in [-0.2, 0) is 56.5 Å². The number of hydrogen-bond donors (Lipinski definition) is 0. The van der Waals surface area contributed by atoms with Crippen LogP contribution in [0.1, 0.15) is 143 Å². The Hall–Kier alpha value is -4.50. The molecule has 5 aromatic rings. The summed E-state index contributed by atoms with van der Waals surface area (Å²) >= 11 is 0. The van der Waals surface area contributed by atoms with Crippen LogP contribution in [0.2, 0.25) is 0 Å². The summed E-state index contributed by atoms with van der Waals surface area (Å²) in [6.07, 6.45) is 10.2. The number of ether oxygens (including phenoxy) is 7. The van der Waals surface area contributed by atoms with E-state index < -0.39 is 30.7 Å². The maximum Gasteiger partial charge on any atom is 0.229 e. The Morgan fingerprint density at radius 1 is 0.543 bits per heavy atom. The van der Waals surface area contributed by atoms with Crippen LogP contribution in [-0.4, -0.2) is 42.9 Å². The predicted molar refractivity (Wildman–Crippen MR) is 283 cm³/mol. The summed E-state index contributed by atoms with van der Waals surface area (Å²) in [5.41, 5.74) is 8.48. The Bertz CT molecular complexity index is 2270. The zero-order valence-electron chi connectivity index (χ0n) is 43.8. The van der Waals surface area contributed by atoms with Gasteiger partial charge in [-0.05, 0) is 110 Å². The van der Waals surface area contributed by atoms with E-state index in [2.05, 4.69) is 104 Å². The smallest absolute Gasteiger partial charge is 0.229 e. The molecule has 7 nitrogen and oxygen atoms in total. The van der Waals surface area contributed by atoms with E-state index in [1.54, 1.807) is 0 Å². The predicted octanol–water partition coefficient (Wildman–Crippen LogP) is 15.2. The molecule has 1 saturated heterocycles. The zero-order valence-corrected chi connectivity index (χ0v) is 43.8. The summed E-state index contributed by atoms with van der Waals surface area (Å²) in [4.78, 5) is 0. The molecule has 378 valence electrons. The number of hydrogen-bond acceptors (Lipinski definition) is 7. The lowest BCUT2D eigenvalue weighted by Crippen LogP contribution is -2.62. The monoisotopic (exact) mass is 953 g/mol. The van der Waals surface area contributed by atoms with Crippen molar-refractivity contribution in [3.05, 3.63) is 166 Å². The lowest BCUT2D eigenvalue weighted by molar-refractivity contribution is -0.310. The average Bonchev–Trinajstić information content (AvgIpc) is 3.36. The van der Waals surface area contributed by atoms with E-state index in [0.717, 1.165) is 87.5 Å². The van der Waals surface area contributed by atoms with Crippen LogP contribution in [0.25, 0.3) is 0 Å². The minimum atomic E-state index is -0.855.